The van der Waals surface area contributed by atoms with Gasteiger partial charge in [-0.05, 0) is 18.9 Å². The molecule has 2 aromatic heterocycles. The molecular weight excluding hydrogens is 296 g/mol. The summed E-state index contributed by atoms with van der Waals surface area (Å²) in [6, 6.07) is 7.95. The van der Waals surface area contributed by atoms with Crippen molar-refractivity contribution in [2.24, 2.45) is 7.05 Å². The van der Waals surface area contributed by atoms with E-state index in [9.17, 15) is 4.79 Å². The minimum atomic E-state index is 0.00880. The lowest BCUT2D eigenvalue weighted by Crippen LogP contribution is -2.31. The average Bonchev–Trinajstić information content (AvgIpc) is 3.26. The summed E-state index contributed by atoms with van der Waals surface area (Å²) >= 11 is 1.61. The normalized spacial score (nSPS) is 18.2. The largest absolute Gasteiger partial charge is 0.328 e. The minimum absolute atomic E-state index is 0.00880. The summed E-state index contributed by atoms with van der Waals surface area (Å²) in [5, 5.41) is 8.36. The Morgan fingerprint density at radius 2 is 2.23 bits per heavy atom. The van der Waals surface area contributed by atoms with Crippen molar-refractivity contribution in [3.05, 3.63) is 46.5 Å². The molecule has 1 amide bonds. The van der Waals surface area contributed by atoms with E-state index >= 15 is 0 Å². The standard InChI is InChI=1S/C16H16N4OS/c1-19-12-6-3-2-5-11(12)14(18-19)16(21)20-9-4-7-13(20)15-17-8-10-22-15/h2-3,5-6,8,10,13H,4,7,9H2,1H3. The summed E-state index contributed by atoms with van der Waals surface area (Å²) in [6.45, 7) is 0.772. The first-order valence-corrected chi connectivity index (χ1v) is 8.26. The van der Waals surface area contributed by atoms with Gasteiger partial charge in [0, 0.05) is 30.6 Å². The number of para-hydroxylation sites is 1. The molecule has 1 unspecified atom stereocenters. The third-order valence-corrected chi connectivity index (χ3v) is 5.09. The minimum Gasteiger partial charge on any atom is -0.328 e. The van der Waals surface area contributed by atoms with Crippen molar-refractivity contribution in [1.29, 1.82) is 0 Å². The zero-order valence-electron chi connectivity index (χ0n) is 12.3. The number of fused-ring (bicyclic) bond motifs is 1. The SMILES string of the molecule is Cn1nc(C(=O)N2CCCC2c2nccs2)c2ccccc21. The molecule has 1 fully saturated rings. The topological polar surface area (TPSA) is 51.0 Å². The molecule has 1 saturated heterocycles. The molecule has 0 N–H and O–H groups in total. The Labute approximate surface area is 132 Å². The number of aromatic nitrogens is 3. The van der Waals surface area contributed by atoms with Crippen LogP contribution in [0.25, 0.3) is 10.9 Å². The predicted molar refractivity (Wildman–Crippen MR) is 85.8 cm³/mol. The maximum absolute atomic E-state index is 13.0. The van der Waals surface area contributed by atoms with Gasteiger partial charge in [-0.2, -0.15) is 5.10 Å². The summed E-state index contributed by atoms with van der Waals surface area (Å²) < 4.78 is 1.77. The summed E-state index contributed by atoms with van der Waals surface area (Å²) in [5.74, 6) is 0.00880. The fourth-order valence-corrected chi connectivity index (χ4v) is 3.96. The van der Waals surface area contributed by atoms with Crippen LogP contribution in [0.4, 0.5) is 0 Å². The van der Waals surface area contributed by atoms with Crippen LogP contribution in [0, 0.1) is 0 Å². The zero-order valence-corrected chi connectivity index (χ0v) is 13.1. The van der Waals surface area contributed by atoms with Gasteiger partial charge in [-0.3, -0.25) is 9.48 Å². The van der Waals surface area contributed by atoms with Crippen molar-refractivity contribution in [1.82, 2.24) is 19.7 Å². The first kappa shape index (κ1) is 13.5. The second-order valence-corrected chi connectivity index (χ2v) is 6.44. The highest BCUT2D eigenvalue weighted by Gasteiger charge is 2.34. The van der Waals surface area contributed by atoms with E-state index in [1.807, 2.05) is 41.6 Å². The molecule has 0 bridgehead atoms. The van der Waals surface area contributed by atoms with Crippen molar-refractivity contribution in [2.75, 3.05) is 6.54 Å². The second-order valence-electron chi connectivity index (χ2n) is 5.52. The van der Waals surface area contributed by atoms with Gasteiger partial charge >= 0.3 is 0 Å². The number of carbonyl (C=O) groups excluding carboxylic acids is 1. The number of carbonyl (C=O) groups is 1. The molecule has 0 aliphatic carbocycles. The first-order chi connectivity index (χ1) is 10.8. The lowest BCUT2D eigenvalue weighted by atomic mass is 10.2. The van der Waals surface area contributed by atoms with E-state index in [0.717, 1.165) is 35.3 Å². The van der Waals surface area contributed by atoms with E-state index in [4.69, 9.17) is 0 Å². The number of likely N-dealkylation sites (tertiary alicyclic amines) is 1. The maximum atomic E-state index is 13.0. The van der Waals surface area contributed by atoms with Crippen LogP contribution in [0.2, 0.25) is 0 Å². The smallest absolute Gasteiger partial charge is 0.275 e. The molecule has 3 heterocycles. The van der Waals surface area contributed by atoms with Gasteiger partial charge in [-0.15, -0.1) is 11.3 Å². The quantitative estimate of drug-likeness (QED) is 0.731. The highest BCUT2D eigenvalue weighted by molar-refractivity contribution is 7.09. The van der Waals surface area contributed by atoms with E-state index in [2.05, 4.69) is 10.1 Å². The summed E-state index contributed by atoms with van der Waals surface area (Å²) in [4.78, 5) is 19.3. The van der Waals surface area contributed by atoms with E-state index < -0.39 is 0 Å². The number of benzene rings is 1. The molecule has 1 aliphatic rings. The van der Waals surface area contributed by atoms with E-state index in [-0.39, 0.29) is 11.9 Å². The van der Waals surface area contributed by atoms with Crippen LogP contribution in [0.15, 0.2) is 35.8 Å². The first-order valence-electron chi connectivity index (χ1n) is 7.38. The highest BCUT2D eigenvalue weighted by atomic mass is 32.1. The lowest BCUT2D eigenvalue weighted by Gasteiger charge is -2.22. The lowest BCUT2D eigenvalue weighted by molar-refractivity contribution is 0.0730. The molecule has 4 rings (SSSR count). The summed E-state index contributed by atoms with van der Waals surface area (Å²) in [7, 11) is 1.88. The van der Waals surface area contributed by atoms with E-state index in [1.54, 1.807) is 22.2 Å². The number of hydrogen-bond donors (Lipinski definition) is 0. The van der Waals surface area contributed by atoms with Gasteiger partial charge < -0.3 is 4.90 Å². The molecule has 1 aliphatic heterocycles. The van der Waals surface area contributed by atoms with Crippen LogP contribution in [-0.4, -0.2) is 32.1 Å². The third kappa shape index (κ3) is 2.02. The number of nitrogens with zero attached hydrogens (tertiary/aromatic N) is 4. The molecule has 3 aromatic rings. The average molecular weight is 312 g/mol. The number of amides is 1. The Hall–Kier alpha value is -2.21. The Morgan fingerprint density at radius 3 is 3.05 bits per heavy atom. The molecular formula is C16H16N4OS. The Morgan fingerprint density at radius 1 is 1.36 bits per heavy atom. The fourth-order valence-electron chi connectivity index (χ4n) is 3.17. The predicted octanol–water partition coefficient (Wildman–Crippen LogP) is 3.01. The van der Waals surface area contributed by atoms with Crippen molar-refractivity contribution < 1.29 is 4.79 Å². The van der Waals surface area contributed by atoms with Crippen LogP contribution in [-0.2, 0) is 7.05 Å². The third-order valence-electron chi connectivity index (χ3n) is 4.21. The molecule has 6 heteroatoms. The number of hydrogen-bond acceptors (Lipinski definition) is 4. The maximum Gasteiger partial charge on any atom is 0.275 e. The van der Waals surface area contributed by atoms with Crippen LogP contribution < -0.4 is 0 Å². The van der Waals surface area contributed by atoms with Gasteiger partial charge in [0.25, 0.3) is 5.91 Å². The zero-order chi connectivity index (χ0) is 15.1. The van der Waals surface area contributed by atoms with Gasteiger partial charge in [-0.25, -0.2) is 4.98 Å². The van der Waals surface area contributed by atoms with Gasteiger partial charge in [-0.1, -0.05) is 18.2 Å². The molecule has 22 heavy (non-hydrogen) atoms. The molecule has 0 saturated carbocycles. The van der Waals surface area contributed by atoms with Crippen molar-refractivity contribution in [2.45, 2.75) is 18.9 Å². The summed E-state index contributed by atoms with van der Waals surface area (Å²) in [5.41, 5.74) is 1.53. The van der Waals surface area contributed by atoms with Crippen LogP contribution in [0.3, 0.4) is 0 Å². The monoisotopic (exact) mass is 312 g/mol. The molecule has 5 nitrogen and oxygen atoms in total. The van der Waals surface area contributed by atoms with Gasteiger partial charge in [0.15, 0.2) is 5.69 Å². The van der Waals surface area contributed by atoms with Crippen molar-refractivity contribution in [3.63, 3.8) is 0 Å². The number of thiazole rings is 1. The van der Waals surface area contributed by atoms with Gasteiger partial charge in [0.05, 0.1) is 11.6 Å². The van der Waals surface area contributed by atoms with Gasteiger partial charge in [0.1, 0.15) is 5.01 Å². The molecule has 112 valence electrons. The van der Waals surface area contributed by atoms with E-state index in [0.29, 0.717) is 5.69 Å². The molecule has 0 radical (unpaired) electrons. The number of aryl methyl sites for hydroxylation is 1. The number of rotatable bonds is 2. The second kappa shape index (κ2) is 5.21. The van der Waals surface area contributed by atoms with Crippen molar-refractivity contribution >= 4 is 28.1 Å². The molecule has 1 aromatic carbocycles. The highest BCUT2D eigenvalue weighted by Crippen LogP contribution is 2.34. The van der Waals surface area contributed by atoms with Crippen LogP contribution >= 0.6 is 11.3 Å². The Balaban J connectivity index is 1.74. The Bertz CT molecular complexity index is 824. The van der Waals surface area contributed by atoms with Crippen molar-refractivity contribution in [3.8, 4) is 0 Å². The summed E-state index contributed by atoms with van der Waals surface area (Å²) in [6.07, 6.45) is 3.79. The molecule has 1 atom stereocenters. The fraction of sp³-hybridized carbons (Fsp3) is 0.312. The van der Waals surface area contributed by atoms with Crippen LogP contribution in [0.5, 0.6) is 0 Å². The van der Waals surface area contributed by atoms with Gasteiger partial charge in [0.2, 0.25) is 0 Å². The van der Waals surface area contributed by atoms with Crippen LogP contribution in [0.1, 0.15) is 34.4 Å². The molecule has 0 spiro atoms. The van der Waals surface area contributed by atoms with E-state index in [1.165, 1.54) is 0 Å². The Kier molecular flexibility index (Phi) is 3.18.